The van der Waals surface area contributed by atoms with Crippen LogP contribution in [0.4, 0.5) is 23.7 Å². The Morgan fingerprint density at radius 1 is 1.30 bits per heavy atom. The largest absolute Gasteiger partial charge is 0.416 e. The van der Waals surface area contributed by atoms with Crippen molar-refractivity contribution >= 4 is 23.3 Å². The van der Waals surface area contributed by atoms with E-state index in [0.29, 0.717) is 26.3 Å². The quantitative estimate of drug-likeness (QED) is 0.865. The fourth-order valence-corrected chi connectivity index (χ4v) is 1.92. The number of urea groups is 1. The van der Waals surface area contributed by atoms with Crippen molar-refractivity contribution in [3.05, 3.63) is 28.8 Å². The Morgan fingerprint density at radius 3 is 2.55 bits per heavy atom. The Hall–Kier alpha value is -1.47. The average Bonchev–Trinajstić information content (AvgIpc) is 2.41. The first kappa shape index (κ1) is 14.9. The second-order valence-corrected chi connectivity index (χ2v) is 4.63. The summed E-state index contributed by atoms with van der Waals surface area (Å²) in [5, 5.41) is 2.45. The minimum atomic E-state index is -4.48. The fraction of sp³-hybridized carbons (Fsp3) is 0.417. The number of carbonyl (C=O) groups is 1. The number of hydrogen-bond donors (Lipinski definition) is 1. The van der Waals surface area contributed by atoms with Crippen LogP contribution in [0.1, 0.15) is 5.56 Å². The molecular weight excluding hydrogens is 297 g/mol. The summed E-state index contributed by atoms with van der Waals surface area (Å²) in [4.78, 5) is 13.4. The van der Waals surface area contributed by atoms with Gasteiger partial charge >= 0.3 is 12.2 Å². The predicted octanol–water partition coefficient (Wildman–Crippen LogP) is 3.22. The molecule has 0 spiro atoms. The Balaban J connectivity index is 2.13. The van der Waals surface area contributed by atoms with Crippen LogP contribution in [0, 0.1) is 0 Å². The molecule has 1 fully saturated rings. The summed E-state index contributed by atoms with van der Waals surface area (Å²) < 4.78 is 42.9. The third kappa shape index (κ3) is 3.55. The molecule has 20 heavy (non-hydrogen) atoms. The van der Waals surface area contributed by atoms with E-state index in [4.69, 9.17) is 16.3 Å². The normalized spacial score (nSPS) is 16.1. The molecule has 8 heteroatoms. The predicted molar refractivity (Wildman–Crippen MR) is 67.9 cm³/mol. The van der Waals surface area contributed by atoms with Gasteiger partial charge in [-0.25, -0.2) is 4.79 Å². The molecule has 1 heterocycles. The standard InChI is InChI=1S/C12H12ClF3N2O2/c13-9-2-1-8(12(14,15)16)7-10(9)17-11(19)18-3-5-20-6-4-18/h1-2,7H,3-6H2,(H,17,19). The summed E-state index contributed by atoms with van der Waals surface area (Å²) in [6, 6.07) is 2.31. The van der Waals surface area contributed by atoms with Gasteiger partial charge in [0.15, 0.2) is 0 Å². The van der Waals surface area contributed by atoms with E-state index in [0.717, 1.165) is 18.2 Å². The van der Waals surface area contributed by atoms with Crippen molar-refractivity contribution in [1.29, 1.82) is 0 Å². The van der Waals surface area contributed by atoms with E-state index in [-0.39, 0.29) is 10.7 Å². The van der Waals surface area contributed by atoms with Crippen molar-refractivity contribution in [1.82, 2.24) is 4.90 Å². The number of benzene rings is 1. The molecule has 1 saturated heterocycles. The van der Waals surface area contributed by atoms with Gasteiger partial charge in [0.2, 0.25) is 0 Å². The van der Waals surface area contributed by atoms with E-state index in [1.165, 1.54) is 4.90 Å². The fourth-order valence-electron chi connectivity index (χ4n) is 1.76. The molecule has 0 unspecified atom stereocenters. The maximum atomic E-state index is 12.6. The van der Waals surface area contributed by atoms with Gasteiger partial charge in [-0.15, -0.1) is 0 Å². The van der Waals surface area contributed by atoms with Gasteiger partial charge < -0.3 is 15.0 Å². The first-order valence-electron chi connectivity index (χ1n) is 5.88. The van der Waals surface area contributed by atoms with Gasteiger partial charge in [-0.3, -0.25) is 0 Å². The first-order chi connectivity index (χ1) is 9.38. The van der Waals surface area contributed by atoms with Gasteiger partial charge in [0.05, 0.1) is 29.5 Å². The topological polar surface area (TPSA) is 41.6 Å². The van der Waals surface area contributed by atoms with E-state index in [9.17, 15) is 18.0 Å². The highest BCUT2D eigenvalue weighted by Crippen LogP contribution is 2.33. The Bertz CT molecular complexity index is 502. The van der Waals surface area contributed by atoms with E-state index in [1.54, 1.807) is 0 Å². The van der Waals surface area contributed by atoms with Gasteiger partial charge in [-0.2, -0.15) is 13.2 Å². The van der Waals surface area contributed by atoms with Gasteiger partial charge in [0.1, 0.15) is 0 Å². The smallest absolute Gasteiger partial charge is 0.378 e. The molecule has 1 N–H and O–H groups in total. The molecular formula is C12H12ClF3N2O2. The van der Waals surface area contributed by atoms with Crippen molar-refractivity contribution in [3.63, 3.8) is 0 Å². The van der Waals surface area contributed by atoms with Gasteiger partial charge in [0, 0.05) is 13.1 Å². The zero-order chi connectivity index (χ0) is 14.8. The van der Waals surface area contributed by atoms with Crippen LogP contribution in [0.15, 0.2) is 18.2 Å². The highest BCUT2D eigenvalue weighted by atomic mass is 35.5. The number of anilines is 1. The number of halogens is 4. The summed E-state index contributed by atoms with van der Waals surface area (Å²) >= 11 is 5.80. The number of morpholine rings is 1. The Kier molecular flexibility index (Phi) is 4.39. The molecule has 1 aliphatic heterocycles. The van der Waals surface area contributed by atoms with Crippen LogP contribution in [0.25, 0.3) is 0 Å². The number of ether oxygens (including phenoxy) is 1. The van der Waals surface area contributed by atoms with Crippen molar-refractivity contribution in [2.24, 2.45) is 0 Å². The van der Waals surface area contributed by atoms with E-state index < -0.39 is 17.8 Å². The number of carbonyl (C=O) groups excluding carboxylic acids is 1. The summed E-state index contributed by atoms with van der Waals surface area (Å²) in [5.41, 5.74) is -0.919. The van der Waals surface area contributed by atoms with E-state index in [2.05, 4.69) is 5.32 Å². The molecule has 1 aromatic carbocycles. The van der Waals surface area contributed by atoms with Crippen LogP contribution in [-0.2, 0) is 10.9 Å². The molecule has 2 rings (SSSR count). The average molecular weight is 309 g/mol. The number of hydrogen-bond acceptors (Lipinski definition) is 2. The summed E-state index contributed by atoms with van der Waals surface area (Å²) in [5.74, 6) is 0. The van der Waals surface area contributed by atoms with Crippen LogP contribution < -0.4 is 5.32 Å². The number of alkyl halides is 3. The van der Waals surface area contributed by atoms with Gasteiger partial charge in [-0.1, -0.05) is 11.6 Å². The zero-order valence-electron chi connectivity index (χ0n) is 10.3. The lowest BCUT2D eigenvalue weighted by atomic mass is 10.2. The van der Waals surface area contributed by atoms with Crippen molar-refractivity contribution in [2.75, 3.05) is 31.6 Å². The van der Waals surface area contributed by atoms with Gasteiger partial charge in [0.25, 0.3) is 0 Å². The lowest BCUT2D eigenvalue weighted by molar-refractivity contribution is -0.137. The molecule has 110 valence electrons. The second kappa shape index (κ2) is 5.88. The maximum absolute atomic E-state index is 12.6. The SMILES string of the molecule is O=C(Nc1cc(C(F)(F)F)ccc1Cl)N1CCOCC1. The molecule has 0 atom stereocenters. The number of nitrogens with one attached hydrogen (secondary N) is 1. The molecule has 0 aliphatic carbocycles. The molecule has 0 radical (unpaired) electrons. The zero-order valence-corrected chi connectivity index (χ0v) is 11.1. The highest BCUT2D eigenvalue weighted by Gasteiger charge is 2.31. The van der Waals surface area contributed by atoms with Crippen LogP contribution >= 0.6 is 11.6 Å². The lowest BCUT2D eigenvalue weighted by Crippen LogP contribution is -2.43. The highest BCUT2D eigenvalue weighted by molar-refractivity contribution is 6.33. The van der Waals surface area contributed by atoms with Crippen molar-refractivity contribution < 1.29 is 22.7 Å². The van der Waals surface area contributed by atoms with Crippen LogP contribution in [0.2, 0.25) is 5.02 Å². The van der Waals surface area contributed by atoms with Gasteiger partial charge in [-0.05, 0) is 18.2 Å². The second-order valence-electron chi connectivity index (χ2n) is 4.22. The summed E-state index contributed by atoms with van der Waals surface area (Å²) in [6.45, 7) is 1.60. The minimum Gasteiger partial charge on any atom is -0.378 e. The van der Waals surface area contributed by atoms with Crippen molar-refractivity contribution in [3.8, 4) is 0 Å². The van der Waals surface area contributed by atoms with Crippen molar-refractivity contribution in [2.45, 2.75) is 6.18 Å². The molecule has 1 aliphatic rings. The van der Waals surface area contributed by atoms with E-state index >= 15 is 0 Å². The molecule has 0 aromatic heterocycles. The Labute approximate surface area is 118 Å². The molecule has 1 aromatic rings. The third-order valence-electron chi connectivity index (χ3n) is 2.83. The molecule has 0 saturated carbocycles. The monoisotopic (exact) mass is 308 g/mol. The summed E-state index contributed by atoms with van der Waals surface area (Å²) in [7, 11) is 0. The van der Waals surface area contributed by atoms with Crippen LogP contribution in [0.5, 0.6) is 0 Å². The third-order valence-corrected chi connectivity index (χ3v) is 3.16. The lowest BCUT2D eigenvalue weighted by Gasteiger charge is -2.27. The van der Waals surface area contributed by atoms with Crippen LogP contribution in [0.3, 0.4) is 0 Å². The summed E-state index contributed by atoms with van der Waals surface area (Å²) in [6.07, 6.45) is -4.48. The molecule has 0 bridgehead atoms. The van der Waals surface area contributed by atoms with Crippen LogP contribution in [-0.4, -0.2) is 37.2 Å². The Morgan fingerprint density at radius 2 is 1.95 bits per heavy atom. The number of rotatable bonds is 1. The van der Waals surface area contributed by atoms with E-state index in [1.807, 2.05) is 0 Å². The first-order valence-corrected chi connectivity index (χ1v) is 6.26. The molecule has 4 nitrogen and oxygen atoms in total. The molecule has 2 amide bonds. The minimum absolute atomic E-state index is 0.0552. The number of amides is 2. The number of nitrogens with zero attached hydrogens (tertiary/aromatic N) is 1. The maximum Gasteiger partial charge on any atom is 0.416 e.